The molecular formula is C15H23ClN2O2. The summed E-state index contributed by atoms with van der Waals surface area (Å²) in [4.78, 5) is 2.39. The summed E-state index contributed by atoms with van der Waals surface area (Å²) < 4.78 is 11.3. The van der Waals surface area contributed by atoms with Crippen molar-refractivity contribution < 1.29 is 9.47 Å². The quantitative estimate of drug-likeness (QED) is 0.907. The number of nitrogens with zero attached hydrogens (tertiary/aromatic N) is 1. The lowest BCUT2D eigenvalue weighted by Gasteiger charge is -2.41. The minimum Gasteiger partial charge on any atom is -0.496 e. The lowest BCUT2D eigenvalue weighted by Crippen LogP contribution is -2.48. The van der Waals surface area contributed by atoms with Crippen molar-refractivity contribution in [3.63, 3.8) is 0 Å². The van der Waals surface area contributed by atoms with Crippen LogP contribution >= 0.6 is 11.6 Å². The first kappa shape index (κ1) is 15.6. The standard InChI is InChI=1S/C15H23ClN2O2/c1-3-7-18-8-9-20-13(10-17)15(18)14-11(16)5-4-6-12(14)19-2/h4-6,13,15H,3,7-10,17H2,1-2H3. The Morgan fingerprint density at radius 2 is 2.30 bits per heavy atom. The van der Waals surface area contributed by atoms with E-state index in [0.29, 0.717) is 18.2 Å². The smallest absolute Gasteiger partial charge is 0.125 e. The van der Waals surface area contributed by atoms with Crippen LogP contribution in [-0.2, 0) is 4.74 Å². The fraction of sp³-hybridized carbons (Fsp3) is 0.600. The number of halogens is 1. The Hall–Kier alpha value is -0.810. The lowest BCUT2D eigenvalue weighted by molar-refractivity contribution is -0.0681. The van der Waals surface area contributed by atoms with E-state index in [-0.39, 0.29) is 12.1 Å². The van der Waals surface area contributed by atoms with Crippen LogP contribution in [-0.4, -0.2) is 44.4 Å². The Kier molecular flexibility index (Phi) is 5.66. The Morgan fingerprint density at radius 3 is 2.95 bits per heavy atom. The van der Waals surface area contributed by atoms with Crippen molar-refractivity contribution in [3.05, 3.63) is 28.8 Å². The van der Waals surface area contributed by atoms with E-state index in [4.69, 9.17) is 26.8 Å². The molecule has 2 unspecified atom stereocenters. The summed E-state index contributed by atoms with van der Waals surface area (Å²) in [7, 11) is 1.67. The molecule has 1 aliphatic heterocycles. The first-order valence-electron chi connectivity index (χ1n) is 7.11. The van der Waals surface area contributed by atoms with Crippen LogP contribution in [0.4, 0.5) is 0 Å². The zero-order valence-corrected chi connectivity index (χ0v) is 12.9. The number of rotatable bonds is 5. The van der Waals surface area contributed by atoms with E-state index in [1.807, 2.05) is 18.2 Å². The maximum Gasteiger partial charge on any atom is 0.125 e. The number of morpholine rings is 1. The van der Waals surface area contributed by atoms with E-state index in [1.54, 1.807) is 7.11 Å². The summed E-state index contributed by atoms with van der Waals surface area (Å²) in [5.74, 6) is 0.799. The molecule has 1 heterocycles. The molecule has 0 aromatic heterocycles. The second-order valence-corrected chi connectivity index (χ2v) is 5.39. The van der Waals surface area contributed by atoms with Crippen LogP contribution in [0.1, 0.15) is 24.9 Å². The normalized spacial score (nSPS) is 23.8. The van der Waals surface area contributed by atoms with Gasteiger partial charge in [-0.2, -0.15) is 0 Å². The molecule has 0 aliphatic carbocycles. The van der Waals surface area contributed by atoms with Crippen molar-refractivity contribution in [2.24, 2.45) is 5.73 Å². The van der Waals surface area contributed by atoms with Crippen LogP contribution in [0.2, 0.25) is 5.02 Å². The number of methoxy groups -OCH3 is 1. The summed E-state index contributed by atoms with van der Waals surface area (Å²) >= 11 is 6.43. The van der Waals surface area contributed by atoms with Crippen LogP contribution in [0.25, 0.3) is 0 Å². The Labute approximate surface area is 125 Å². The van der Waals surface area contributed by atoms with Crippen molar-refractivity contribution in [1.82, 2.24) is 4.90 Å². The van der Waals surface area contributed by atoms with Crippen LogP contribution < -0.4 is 10.5 Å². The van der Waals surface area contributed by atoms with Crippen molar-refractivity contribution >= 4 is 11.6 Å². The highest BCUT2D eigenvalue weighted by Crippen LogP contribution is 2.39. The molecule has 1 aromatic carbocycles. The van der Waals surface area contributed by atoms with Crippen LogP contribution in [0.5, 0.6) is 5.75 Å². The van der Waals surface area contributed by atoms with Crippen LogP contribution in [0.15, 0.2) is 18.2 Å². The summed E-state index contributed by atoms with van der Waals surface area (Å²) in [6, 6.07) is 5.78. The van der Waals surface area contributed by atoms with Gasteiger partial charge in [0.2, 0.25) is 0 Å². The van der Waals surface area contributed by atoms with Crippen molar-refractivity contribution in [3.8, 4) is 5.75 Å². The Balaban J connectivity index is 2.43. The van der Waals surface area contributed by atoms with E-state index in [9.17, 15) is 0 Å². The van der Waals surface area contributed by atoms with Gasteiger partial charge in [0, 0.05) is 23.7 Å². The summed E-state index contributed by atoms with van der Waals surface area (Å²) in [5, 5.41) is 0.708. The lowest BCUT2D eigenvalue weighted by atomic mass is 9.96. The molecule has 2 rings (SSSR count). The summed E-state index contributed by atoms with van der Waals surface area (Å²) in [6.45, 7) is 5.25. The number of hydrogen-bond acceptors (Lipinski definition) is 4. The topological polar surface area (TPSA) is 47.7 Å². The van der Waals surface area contributed by atoms with E-state index in [0.717, 1.165) is 30.8 Å². The van der Waals surface area contributed by atoms with Gasteiger partial charge in [-0.05, 0) is 25.1 Å². The third-order valence-electron chi connectivity index (χ3n) is 3.73. The van der Waals surface area contributed by atoms with Crippen molar-refractivity contribution in [2.45, 2.75) is 25.5 Å². The van der Waals surface area contributed by atoms with Gasteiger partial charge in [-0.25, -0.2) is 0 Å². The van der Waals surface area contributed by atoms with Crippen molar-refractivity contribution in [1.29, 1.82) is 0 Å². The van der Waals surface area contributed by atoms with E-state index >= 15 is 0 Å². The molecule has 0 saturated carbocycles. The molecule has 1 fully saturated rings. The average molecular weight is 299 g/mol. The summed E-state index contributed by atoms with van der Waals surface area (Å²) in [6.07, 6.45) is 1.03. The molecule has 4 nitrogen and oxygen atoms in total. The summed E-state index contributed by atoms with van der Waals surface area (Å²) in [5.41, 5.74) is 6.88. The fourth-order valence-electron chi connectivity index (χ4n) is 2.87. The fourth-order valence-corrected chi connectivity index (χ4v) is 3.15. The second-order valence-electron chi connectivity index (χ2n) is 4.98. The third kappa shape index (κ3) is 3.09. The molecule has 2 atom stereocenters. The number of hydrogen-bond donors (Lipinski definition) is 1. The van der Waals surface area contributed by atoms with E-state index in [2.05, 4.69) is 11.8 Å². The first-order chi connectivity index (χ1) is 9.72. The van der Waals surface area contributed by atoms with Gasteiger partial charge in [-0.1, -0.05) is 24.6 Å². The van der Waals surface area contributed by atoms with Gasteiger partial charge in [-0.15, -0.1) is 0 Å². The minimum atomic E-state index is -0.0518. The molecular weight excluding hydrogens is 276 g/mol. The van der Waals surface area contributed by atoms with Crippen LogP contribution in [0, 0.1) is 0 Å². The monoisotopic (exact) mass is 298 g/mol. The molecule has 0 amide bonds. The second kappa shape index (κ2) is 7.27. The SMILES string of the molecule is CCCN1CCOC(CN)C1c1c(Cl)cccc1OC. The number of benzene rings is 1. The molecule has 1 aromatic rings. The molecule has 0 spiro atoms. The van der Waals surface area contributed by atoms with E-state index in [1.165, 1.54) is 0 Å². The maximum absolute atomic E-state index is 6.43. The molecule has 1 saturated heterocycles. The van der Waals surface area contributed by atoms with Gasteiger partial charge in [0.1, 0.15) is 5.75 Å². The zero-order valence-electron chi connectivity index (χ0n) is 12.1. The third-order valence-corrected chi connectivity index (χ3v) is 4.06. The molecule has 0 bridgehead atoms. The molecule has 1 aliphatic rings. The molecule has 5 heteroatoms. The highest BCUT2D eigenvalue weighted by molar-refractivity contribution is 6.31. The molecule has 112 valence electrons. The Bertz CT molecular complexity index is 440. The Morgan fingerprint density at radius 1 is 1.50 bits per heavy atom. The minimum absolute atomic E-state index is 0.0518. The zero-order chi connectivity index (χ0) is 14.5. The first-order valence-corrected chi connectivity index (χ1v) is 7.48. The maximum atomic E-state index is 6.43. The largest absolute Gasteiger partial charge is 0.496 e. The number of nitrogens with two attached hydrogens (primary N) is 1. The predicted octanol–water partition coefficient (Wildman–Crippen LogP) is 2.46. The van der Waals surface area contributed by atoms with Crippen molar-refractivity contribution in [2.75, 3.05) is 33.4 Å². The molecule has 0 radical (unpaired) electrons. The van der Waals surface area contributed by atoms with Gasteiger partial charge in [0.15, 0.2) is 0 Å². The van der Waals surface area contributed by atoms with Gasteiger partial charge in [0.25, 0.3) is 0 Å². The van der Waals surface area contributed by atoms with Gasteiger partial charge >= 0.3 is 0 Å². The van der Waals surface area contributed by atoms with Crippen LogP contribution in [0.3, 0.4) is 0 Å². The van der Waals surface area contributed by atoms with Gasteiger partial charge < -0.3 is 15.2 Å². The predicted molar refractivity (Wildman–Crippen MR) is 81.4 cm³/mol. The highest BCUT2D eigenvalue weighted by Gasteiger charge is 2.35. The molecule has 20 heavy (non-hydrogen) atoms. The molecule has 2 N–H and O–H groups in total. The average Bonchev–Trinajstić information content (AvgIpc) is 2.47. The van der Waals surface area contributed by atoms with Gasteiger partial charge in [0.05, 0.1) is 25.9 Å². The highest BCUT2D eigenvalue weighted by atomic mass is 35.5. The number of ether oxygens (including phenoxy) is 2. The van der Waals surface area contributed by atoms with E-state index < -0.39 is 0 Å². The van der Waals surface area contributed by atoms with Gasteiger partial charge in [-0.3, -0.25) is 4.90 Å².